The van der Waals surface area contributed by atoms with Gasteiger partial charge in [-0.2, -0.15) is 5.10 Å². The molecular formula is C17H25N5O2. The summed E-state index contributed by atoms with van der Waals surface area (Å²) in [6, 6.07) is 0.252. The third kappa shape index (κ3) is 3.44. The van der Waals surface area contributed by atoms with E-state index in [1.165, 1.54) is 19.3 Å². The van der Waals surface area contributed by atoms with Crippen molar-refractivity contribution in [3.8, 4) is 0 Å². The molecule has 1 amide bonds. The fraction of sp³-hybridized carbons (Fsp3) is 0.588. The monoisotopic (exact) mass is 331 g/mol. The highest BCUT2D eigenvalue weighted by Crippen LogP contribution is 2.30. The lowest BCUT2D eigenvalue weighted by molar-refractivity contribution is 0.0897. The average Bonchev–Trinajstić information content (AvgIpc) is 2.91. The largest absolute Gasteiger partial charge is 0.455 e. The van der Waals surface area contributed by atoms with Gasteiger partial charge >= 0.3 is 0 Å². The highest BCUT2D eigenvalue weighted by atomic mass is 16.4. The van der Waals surface area contributed by atoms with E-state index in [1.54, 1.807) is 0 Å². The van der Waals surface area contributed by atoms with Crippen LogP contribution in [0.2, 0.25) is 0 Å². The third-order valence-electron chi connectivity index (χ3n) is 4.76. The summed E-state index contributed by atoms with van der Waals surface area (Å²) in [6.07, 6.45) is 8.17. The van der Waals surface area contributed by atoms with Crippen molar-refractivity contribution in [2.24, 2.45) is 21.7 Å². The Labute approximate surface area is 141 Å². The topological polar surface area (TPSA) is 119 Å². The molecule has 0 atom stereocenters. The van der Waals surface area contributed by atoms with Gasteiger partial charge in [0.1, 0.15) is 5.76 Å². The minimum atomic E-state index is -0.130. The number of nitrogens with two attached hydrogens (primary N) is 2. The number of nitrogens with one attached hydrogen (secondary N) is 1. The second kappa shape index (κ2) is 7.07. The van der Waals surface area contributed by atoms with Crippen LogP contribution in [-0.4, -0.2) is 23.6 Å². The van der Waals surface area contributed by atoms with Gasteiger partial charge in [-0.25, -0.2) is 0 Å². The maximum Gasteiger partial charge on any atom is 0.287 e. The number of rotatable bonds is 3. The van der Waals surface area contributed by atoms with Gasteiger partial charge in [0.15, 0.2) is 5.76 Å². The molecule has 1 aromatic rings. The van der Waals surface area contributed by atoms with Crippen LogP contribution in [0.4, 0.5) is 0 Å². The lowest BCUT2D eigenvalue weighted by Crippen LogP contribution is -2.36. The van der Waals surface area contributed by atoms with Gasteiger partial charge in [-0.15, -0.1) is 5.10 Å². The van der Waals surface area contributed by atoms with E-state index in [1.807, 2.05) is 6.92 Å². The first kappa shape index (κ1) is 16.5. The number of carbonyl (C=O) groups is 1. The summed E-state index contributed by atoms with van der Waals surface area (Å²) >= 11 is 0. The maximum absolute atomic E-state index is 12.6. The molecule has 130 valence electrons. The van der Waals surface area contributed by atoms with Gasteiger partial charge in [0, 0.05) is 23.6 Å². The minimum absolute atomic E-state index is 0.0777. The molecule has 1 heterocycles. The number of hydrogen-bond acceptors (Lipinski definition) is 4. The predicted molar refractivity (Wildman–Crippen MR) is 93.1 cm³/mol. The Morgan fingerprint density at radius 3 is 2.62 bits per heavy atom. The SMILES string of the molecule is Cc1c(C(=O)NC2CCCCC2)oc2c1/C(=N/N=C(N)N)CCC2. The summed E-state index contributed by atoms with van der Waals surface area (Å²) in [5.74, 6) is 0.989. The second-order valence-electron chi connectivity index (χ2n) is 6.59. The maximum atomic E-state index is 12.6. The van der Waals surface area contributed by atoms with Gasteiger partial charge in [-0.1, -0.05) is 19.3 Å². The molecule has 24 heavy (non-hydrogen) atoms. The predicted octanol–water partition coefficient (Wildman–Crippen LogP) is 1.96. The van der Waals surface area contributed by atoms with Crippen molar-refractivity contribution >= 4 is 17.6 Å². The second-order valence-corrected chi connectivity index (χ2v) is 6.59. The molecule has 0 unspecified atom stereocenters. The number of fused-ring (bicyclic) bond motifs is 1. The van der Waals surface area contributed by atoms with Crippen LogP contribution in [0.1, 0.15) is 72.4 Å². The molecule has 0 aromatic carbocycles. The quantitative estimate of drug-likeness (QED) is 0.445. The van der Waals surface area contributed by atoms with Crippen LogP contribution >= 0.6 is 0 Å². The van der Waals surface area contributed by atoms with Crippen molar-refractivity contribution in [3.05, 3.63) is 22.6 Å². The molecule has 0 aliphatic heterocycles. The molecule has 5 N–H and O–H groups in total. The van der Waals surface area contributed by atoms with Crippen LogP contribution in [0, 0.1) is 6.92 Å². The molecule has 3 rings (SSSR count). The summed E-state index contributed by atoms with van der Waals surface area (Å²) < 4.78 is 5.87. The van der Waals surface area contributed by atoms with Crippen molar-refractivity contribution in [1.29, 1.82) is 0 Å². The van der Waals surface area contributed by atoms with E-state index >= 15 is 0 Å². The zero-order valence-electron chi connectivity index (χ0n) is 14.1. The number of guanidine groups is 1. The normalized spacial score (nSPS) is 19.8. The van der Waals surface area contributed by atoms with Crippen LogP contribution in [0.3, 0.4) is 0 Å². The summed E-state index contributed by atoms with van der Waals surface area (Å²) in [5.41, 5.74) is 13.2. The Bertz CT molecular complexity index is 679. The number of aryl methyl sites for hydroxylation is 1. The molecule has 1 saturated carbocycles. The average molecular weight is 331 g/mol. The zero-order valence-corrected chi connectivity index (χ0v) is 14.1. The van der Waals surface area contributed by atoms with Crippen molar-refractivity contribution < 1.29 is 9.21 Å². The molecule has 0 bridgehead atoms. The number of furan rings is 1. The van der Waals surface area contributed by atoms with E-state index in [4.69, 9.17) is 15.9 Å². The Kier molecular flexibility index (Phi) is 4.87. The Morgan fingerprint density at radius 1 is 1.17 bits per heavy atom. The molecule has 7 heteroatoms. The fourth-order valence-corrected chi connectivity index (χ4v) is 3.60. The van der Waals surface area contributed by atoms with Crippen LogP contribution in [0.25, 0.3) is 0 Å². The molecule has 0 radical (unpaired) electrons. The van der Waals surface area contributed by atoms with Crippen molar-refractivity contribution in [3.63, 3.8) is 0 Å². The number of carbonyl (C=O) groups excluding carboxylic acids is 1. The van der Waals surface area contributed by atoms with Crippen LogP contribution < -0.4 is 16.8 Å². The smallest absolute Gasteiger partial charge is 0.287 e. The van der Waals surface area contributed by atoms with Gasteiger partial charge in [-0.05, 0) is 32.6 Å². The van der Waals surface area contributed by atoms with Crippen molar-refractivity contribution in [1.82, 2.24) is 5.32 Å². The van der Waals surface area contributed by atoms with E-state index in [0.717, 1.165) is 54.7 Å². The molecule has 2 aliphatic rings. The lowest BCUT2D eigenvalue weighted by Gasteiger charge is -2.22. The number of hydrogen-bond donors (Lipinski definition) is 3. The number of amides is 1. The van der Waals surface area contributed by atoms with E-state index in [2.05, 4.69) is 15.5 Å². The zero-order chi connectivity index (χ0) is 17.1. The molecule has 1 aromatic heterocycles. The molecule has 0 spiro atoms. The Hall–Kier alpha value is -2.31. The minimum Gasteiger partial charge on any atom is -0.455 e. The standard InChI is InChI=1S/C17H25N5O2/c1-10-14-12(21-22-17(18)19)8-5-9-13(14)24-15(10)16(23)20-11-6-3-2-4-7-11/h11H,2-9H2,1H3,(H,20,23)(H4,18,19,22)/b21-12+. The van der Waals surface area contributed by atoms with Crippen LogP contribution in [0.15, 0.2) is 14.6 Å². The van der Waals surface area contributed by atoms with Gasteiger partial charge in [0.2, 0.25) is 5.96 Å². The molecular weight excluding hydrogens is 306 g/mol. The van der Waals surface area contributed by atoms with Gasteiger partial charge in [-0.3, -0.25) is 4.79 Å². The Balaban J connectivity index is 1.84. The van der Waals surface area contributed by atoms with E-state index in [9.17, 15) is 4.79 Å². The first-order valence-electron chi connectivity index (χ1n) is 8.65. The van der Waals surface area contributed by atoms with Gasteiger partial charge < -0.3 is 21.2 Å². The van der Waals surface area contributed by atoms with Gasteiger partial charge in [0.05, 0.1) is 5.71 Å². The van der Waals surface area contributed by atoms with E-state index in [0.29, 0.717) is 5.76 Å². The highest BCUT2D eigenvalue weighted by molar-refractivity contribution is 6.06. The third-order valence-corrected chi connectivity index (χ3v) is 4.76. The van der Waals surface area contributed by atoms with Crippen LogP contribution in [-0.2, 0) is 6.42 Å². The van der Waals surface area contributed by atoms with Crippen molar-refractivity contribution in [2.45, 2.75) is 64.3 Å². The van der Waals surface area contributed by atoms with E-state index in [-0.39, 0.29) is 17.9 Å². The van der Waals surface area contributed by atoms with E-state index < -0.39 is 0 Å². The first-order chi connectivity index (χ1) is 11.6. The van der Waals surface area contributed by atoms with Crippen LogP contribution in [0.5, 0.6) is 0 Å². The summed E-state index contributed by atoms with van der Waals surface area (Å²) in [4.78, 5) is 12.6. The molecule has 0 saturated heterocycles. The summed E-state index contributed by atoms with van der Waals surface area (Å²) in [6.45, 7) is 1.90. The molecule has 7 nitrogen and oxygen atoms in total. The van der Waals surface area contributed by atoms with Crippen molar-refractivity contribution in [2.75, 3.05) is 0 Å². The number of nitrogens with zero attached hydrogens (tertiary/aromatic N) is 2. The Morgan fingerprint density at radius 2 is 1.92 bits per heavy atom. The summed E-state index contributed by atoms with van der Waals surface area (Å²) in [7, 11) is 0. The fourth-order valence-electron chi connectivity index (χ4n) is 3.60. The van der Waals surface area contributed by atoms with Gasteiger partial charge in [0.25, 0.3) is 5.91 Å². The first-order valence-corrected chi connectivity index (χ1v) is 8.65. The summed E-state index contributed by atoms with van der Waals surface area (Å²) in [5, 5.41) is 11.0. The molecule has 2 aliphatic carbocycles. The molecule has 1 fully saturated rings. The lowest BCUT2D eigenvalue weighted by atomic mass is 9.93. The highest BCUT2D eigenvalue weighted by Gasteiger charge is 2.29.